The Labute approximate surface area is 161 Å². The molecule has 8 heteroatoms. The Kier molecular flexibility index (Phi) is 5.76. The van der Waals surface area contributed by atoms with Gasteiger partial charge >= 0.3 is 6.03 Å². The lowest BCUT2D eigenvalue weighted by Gasteiger charge is -2.44. The van der Waals surface area contributed by atoms with Crippen LogP contribution in [0.15, 0.2) is 30.3 Å². The minimum Gasteiger partial charge on any atom is -0.496 e. The van der Waals surface area contributed by atoms with E-state index in [1.807, 2.05) is 36.4 Å². The van der Waals surface area contributed by atoms with Crippen molar-refractivity contribution in [3.63, 3.8) is 0 Å². The van der Waals surface area contributed by atoms with E-state index in [-0.39, 0.29) is 29.6 Å². The van der Waals surface area contributed by atoms with Gasteiger partial charge in [-0.3, -0.25) is 4.90 Å². The first-order valence-electron chi connectivity index (χ1n) is 9.04. The Hall–Kier alpha value is -2.06. The van der Waals surface area contributed by atoms with Gasteiger partial charge < -0.3 is 14.5 Å². The Morgan fingerprint density at radius 1 is 1.22 bits per heavy atom. The quantitative estimate of drug-likeness (QED) is 0.768. The highest BCUT2D eigenvalue weighted by Gasteiger charge is 2.47. The normalized spacial score (nSPS) is 24.8. The third-order valence-corrected chi connectivity index (χ3v) is 6.89. The van der Waals surface area contributed by atoms with Crippen LogP contribution in [0, 0.1) is 0 Å². The Balaban J connectivity index is 1.74. The molecule has 148 valence electrons. The number of sulfone groups is 1. The zero-order chi connectivity index (χ0) is 19.6. The Morgan fingerprint density at radius 3 is 2.63 bits per heavy atom. The molecule has 0 saturated carbocycles. The number of rotatable bonds is 4. The molecular weight excluding hydrogens is 366 g/mol. The van der Waals surface area contributed by atoms with Gasteiger partial charge in [0.15, 0.2) is 9.84 Å². The summed E-state index contributed by atoms with van der Waals surface area (Å²) in [6.07, 6.45) is 4.03. The van der Waals surface area contributed by atoms with Crippen LogP contribution in [0.1, 0.15) is 5.56 Å². The summed E-state index contributed by atoms with van der Waals surface area (Å²) < 4.78 is 29.8. The number of fused-ring (bicyclic) bond motifs is 1. The van der Waals surface area contributed by atoms with Crippen molar-refractivity contribution in [2.75, 3.05) is 52.3 Å². The predicted octanol–water partition coefficient (Wildman–Crippen LogP) is 1.17. The van der Waals surface area contributed by atoms with Crippen LogP contribution in [-0.2, 0) is 9.84 Å². The molecule has 2 amide bonds. The van der Waals surface area contributed by atoms with E-state index < -0.39 is 9.84 Å². The van der Waals surface area contributed by atoms with Crippen LogP contribution in [-0.4, -0.2) is 93.6 Å². The predicted molar refractivity (Wildman–Crippen MR) is 106 cm³/mol. The number of benzene rings is 1. The van der Waals surface area contributed by atoms with E-state index >= 15 is 0 Å². The van der Waals surface area contributed by atoms with Crippen LogP contribution < -0.4 is 4.74 Å². The molecule has 2 saturated heterocycles. The second-order valence-corrected chi connectivity index (χ2v) is 9.38. The van der Waals surface area contributed by atoms with Crippen molar-refractivity contribution in [3.05, 3.63) is 35.9 Å². The summed E-state index contributed by atoms with van der Waals surface area (Å²) in [5.74, 6) is 0.956. The van der Waals surface area contributed by atoms with E-state index in [4.69, 9.17) is 4.74 Å². The van der Waals surface area contributed by atoms with Gasteiger partial charge in [-0.2, -0.15) is 0 Å². The number of nitrogens with zero attached hydrogens (tertiary/aromatic N) is 3. The maximum absolute atomic E-state index is 12.4. The summed E-state index contributed by atoms with van der Waals surface area (Å²) in [7, 11) is 1.90. The molecule has 1 aromatic rings. The molecule has 2 atom stereocenters. The van der Waals surface area contributed by atoms with E-state index in [1.54, 1.807) is 26.1 Å². The minimum absolute atomic E-state index is 0.0456. The molecule has 7 nitrogen and oxygen atoms in total. The highest BCUT2D eigenvalue weighted by Crippen LogP contribution is 2.28. The number of para-hydroxylation sites is 1. The summed E-state index contributed by atoms with van der Waals surface area (Å²) in [5, 5.41) is 0. The zero-order valence-electron chi connectivity index (χ0n) is 16.0. The average molecular weight is 394 g/mol. The number of carbonyl (C=O) groups excluding carboxylic acids is 1. The third kappa shape index (κ3) is 4.27. The first kappa shape index (κ1) is 19.7. The van der Waals surface area contributed by atoms with Crippen molar-refractivity contribution in [3.8, 4) is 5.75 Å². The smallest absolute Gasteiger partial charge is 0.319 e. The standard InChI is InChI=1S/C19H27N3O4S/c1-20(2)19(23)22-12-11-21(16-13-27(24,25)14-17(16)22)10-6-8-15-7-4-5-9-18(15)26-3/h4-9,16-17H,10-14H2,1-3H3/t16-,17+/m0/s1. The molecule has 27 heavy (non-hydrogen) atoms. The van der Waals surface area contributed by atoms with Crippen molar-refractivity contribution in [1.29, 1.82) is 0 Å². The Morgan fingerprint density at radius 2 is 1.93 bits per heavy atom. The molecule has 2 aliphatic rings. The van der Waals surface area contributed by atoms with Gasteiger partial charge in [-0.25, -0.2) is 13.2 Å². The largest absolute Gasteiger partial charge is 0.496 e. The first-order valence-corrected chi connectivity index (χ1v) is 10.9. The summed E-state index contributed by atoms with van der Waals surface area (Å²) in [4.78, 5) is 17.8. The maximum atomic E-state index is 12.4. The summed E-state index contributed by atoms with van der Waals surface area (Å²) >= 11 is 0. The summed E-state index contributed by atoms with van der Waals surface area (Å²) in [6.45, 7) is 1.83. The SMILES string of the molecule is COc1ccccc1C=CCN1CCN(C(=O)N(C)C)[C@@H]2CS(=O)(=O)C[C@@H]21. The van der Waals surface area contributed by atoms with E-state index in [2.05, 4.69) is 4.90 Å². The topological polar surface area (TPSA) is 70.2 Å². The highest BCUT2D eigenvalue weighted by molar-refractivity contribution is 7.91. The fourth-order valence-electron chi connectivity index (χ4n) is 3.87. The van der Waals surface area contributed by atoms with Crippen molar-refractivity contribution in [1.82, 2.24) is 14.7 Å². The van der Waals surface area contributed by atoms with Crippen molar-refractivity contribution in [2.45, 2.75) is 12.1 Å². The molecule has 1 aromatic carbocycles. The number of methoxy groups -OCH3 is 1. The molecule has 0 spiro atoms. The van der Waals surface area contributed by atoms with Crippen LogP contribution >= 0.6 is 0 Å². The number of urea groups is 1. The molecule has 0 bridgehead atoms. The molecule has 2 aliphatic heterocycles. The van der Waals surface area contributed by atoms with Crippen LogP contribution in [0.2, 0.25) is 0 Å². The number of hydrogen-bond donors (Lipinski definition) is 0. The van der Waals surface area contributed by atoms with Crippen LogP contribution in [0.4, 0.5) is 4.79 Å². The lowest BCUT2D eigenvalue weighted by molar-refractivity contribution is 0.0638. The van der Waals surface area contributed by atoms with Gasteiger partial charge in [0.25, 0.3) is 0 Å². The van der Waals surface area contributed by atoms with E-state index in [0.717, 1.165) is 11.3 Å². The molecular formula is C19H27N3O4S. The average Bonchev–Trinajstić information content (AvgIpc) is 2.96. The van der Waals surface area contributed by atoms with Gasteiger partial charge in [0.1, 0.15) is 5.75 Å². The van der Waals surface area contributed by atoms with Crippen molar-refractivity contribution >= 4 is 21.9 Å². The van der Waals surface area contributed by atoms with Gasteiger partial charge in [0, 0.05) is 45.3 Å². The number of amides is 2. The minimum atomic E-state index is -3.14. The molecule has 0 aromatic heterocycles. The molecule has 0 N–H and O–H groups in total. The monoisotopic (exact) mass is 393 g/mol. The van der Waals surface area contributed by atoms with E-state index in [1.165, 1.54) is 4.90 Å². The first-order chi connectivity index (χ1) is 12.8. The van der Waals surface area contributed by atoms with Crippen LogP contribution in [0.5, 0.6) is 5.75 Å². The second kappa shape index (κ2) is 7.90. The van der Waals surface area contributed by atoms with Gasteiger partial charge in [-0.05, 0) is 6.07 Å². The van der Waals surface area contributed by atoms with E-state index in [9.17, 15) is 13.2 Å². The molecule has 0 unspecified atom stereocenters. The van der Waals surface area contributed by atoms with Gasteiger partial charge in [0.05, 0.1) is 24.7 Å². The second-order valence-electron chi connectivity index (χ2n) is 7.22. The van der Waals surface area contributed by atoms with Crippen molar-refractivity contribution < 1.29 is 17.9 Å². The van der Waals surface area contributed by atoms with Crippen molar-refractivity contribution in [2.24, 2.45) is 0 Å². The fourth-order valence-corrected chi connectivity index (χ4v) is 5.88. The Bertz CT molecular complexity index is 822. The molecule has 0 radical (unpaired) electrons. The highest BCUT2D eigenvalue weighted by atomic mass is 32.2. The lowest BCUT2D eigenvalue weighted by Crippen LogP contribution is -2.62. The van der Waals surface area contributed by atoms with Gasteiger partial charge in [-0.15, -0.1) is 0 Å². The number of carbonyl (C=O) groups is 1. The maximum Gasteiger partial charge on any atom is 0.319 e. The number of piperazine rings is 1. The number of ether oxygens (including phenoxy) is 1. The molecule has 2 heterocycles. The van der Waals surface area contributed by atoms with Gasteiger partial charge in [0.2, 0.25) is 0 Å². The lowest BCUT2D eigenvalue weighted by atomic mass is 10.0. The van der Waals surface area contributed by atoms with Crippen LogP contribution in [0.3, 0.4) is 0 Å². The zero-order valence-corrected chi connectivity index (χ0v) is 16.9. The van der Waals surface area contributed by atoms with Gasteiger partial charge in [-0.1, -0.05) is 30.4 Å². The fraction of sp³-hybridized carbons (Fsp3) is 0.526. The molecule has 0 aliphatic carbocycles. The summed E-state index contributed by atoms with van der Waals surface area (Å²) in [5.41, 5.74) is 0.983. The number of hydrogen-bond acceptors (Lipinski definition) is 5. The van der Waals surface area contributed by atoms with E-state index in [0.29, 0.717) is 19.6 Å². The summed E-state index contributed by atoms with van der Waals surface area (Å²) in [6, 6.07) is 7.20. The molecule has 2 fully saturated rings. The molecule has 3 rings (SSSR count). The third-order valence-electron chi connectivity index (χ3n) is 5.20. The van der Waals surface area contributed by atoms with Crippen LogP contribution in [0.25, 0.3) is 6.08 Å².